The van der Waals surface area contributed by atoms with Gasteiger partial charge in [-0.25, -0.2) is 4.39 Å². The third-order valence-electron chi connectivity index (χ3n) is 5.96. The molecule has 0 spiro atoms. The van der Waals surface area contributed by atoms with E-state index in [1.54, 1.807) is 17.0 Å². The molecule has 4 rings (SSSR count). The van der Waals surface area contributed by atoms with E-state index in [1.165, 1.54) is 12.1 Å². The fourth-order valence-electron chi connectivity index (χ4n) is 4.22. The van der Waals surface area contributed by atoms with E-state index in [1.807, 2.05) is 31.2 Å². The van der Waals surface area contributed by atoms with E-state index in [9.17, 15) is 19.1 Å². The number of carboxylic acids is 1. The SMILES string of the molecule is Cc1ccc(C2(C(=O)N3C[C@H](C(=O)O)[C@@H](c4cccc(F)c4)C3)CC2)cc1. The third kappa shape index (κ3) is 3.11. The van der Waals surface area contributed by atoms with Crippen molar-refractivity contribution in [3.63, 3.8) is 0 Å². The number of hydrogen-bond acceptors (Lipinski definition) is 2. The molecule has 140 valence electrons. The van der Waals surface area contributed by atoms with E-state index < -0.39 is 23.2 Å². The molecular weight excluding hydrogens is 345 g/mol. The first-order valence-corrected chi connectivity index (χ1v) is 9.25. The van der Waals surface area contributed by atoms with Crippen molar-refractivity contribution in [1.82, 2.24) is 4.90 Å². The average molecular weight is 367 g/mol. The average Bonchev–Trinajstić information content (AvgIpc) is 3.32. The first-order chi connectivity index (χ1) is 12.9. The predicted octanol–water partition coefficient (Wildman–Crippen LogP) is 3.49. The molecule has 2 aliphatic rings. The molecule has 0 aromatic heterocycles. The summed E-state index contributed by atoms with van der Waals surface area (Å²) in [7, 11) is 0. The number of likely N-dealkylation sites (tertiary alicyclic amines) is 1. The summed E-state index contributed by atoms with van der Waals surface area (Å²) < 4.78 is 13.6. The molecule has 2 fully saturated rings. The van der Waals surface area contributed by atoms with E-state index in [0.717, 1.165) is 24.0 Å². The van der Waals surface area contributed by atoms with Crippen LogP contribution in [0.25, 0.3) is 0 Å². The Morgan fingerprint density at radius 3 is 2.41 bits per heavy atom. The van der Waals surface area contributed by atoms with E-state index in [-0.39, 0.29) is 18.3 Å². The van der Waals surface area contributed by atoms with E-state index in [0.29, 0.717) is 12.1 Å². The lowest BCUT2D eigenvalue weighted by Crippen LogP contribution is -2.38. The van der Waals surface area contributed by atoms with Gasteiger partial charge in [-0.15, -0.1) is 0 Å². The summed E-state index contributed by atoms with van der Waals surface area (Å²) in [4.78, 5) is 26.7. The van der Waals surface area contributed by atoms with Gasteiger partial charge in [0.1, 0.15) is 5.82 Å². The molecular formula is C22H22FNO3. The molecule has 27 heavy (non-hydrogen) atoms. The molecule has 4 nitrogen and oxygen atoms in total. The van der Waals surface area contributed by atoms with Crippen molar-refractivity contribution < 1.29 is 19.1 Å². The molecule has 5 heteroatoms. The van der Waals surface area contributed by atoms with Crippen LogP contribution in [0.3, 0.4) is 0 Å². The van der Waals surface area contributed by atoms with Crippen LogP contribution < -0.4 is 0 Å². The zero-order valence-electron chi connectivity index (χ0n) is 15.2. The summed E-state index contributed by atoms with van der Waals surface area (Å²) in [5.74, 6) is -2.45. The van der Waals surface area contributed by atoms with Crippen LogP contribution in [-0.2, 0) is 15.0 Å². The molecule has 1 amide bonds. The monoisotopic (exact) mass is 367 g/mol. The number of amides is 1. The van der Waals surface area contributed by atoms with Gasteiger partial charge in [-0.2, -0.15) is 0 Å². The van der Waals surface area contributed by atoms with Crippen molar-refractivity contribution in [3.8, 4) is 0 Å². The van der Waals surface area contributed by atoms with Crippen LogP contribution >= 0.6 is 0 Å². The van der Waals surface area contributed by atoms with Gasteiger partial charge < -0.3 is 10.0 Å². The van der Waals surface area contributed by atoms with Gasteiger partial charge in [-0.1, -0.05) is 42.0 Å². The van der Waals surface area contributed by atoms with Crippen LogP contribution in [0.5, 0.6) is 0 Å². The van der Waals surface area contributed by atoms with Crippen molar-refractivity contribution in [1.29, 1.82) is 0 Å². The van der Waals surface area contributed by atoms with E-state index >= 15 is 0 Å². The first-order valence-electron chi connectivity index (χ1n) is 9.25. The van der Waals surface area contributed by atoms with Gasteiger partial charge in [0.2, 0.25) is 5.91 Å². The number of carbonyl (C=O) groups is 2. The molecule has 2 atom stereocenters. The number of halogens is 1. The smallest absolute Gasteiger partial charge is 0.308 e. The van der Waals surface area contributed by atoms with Crippen molar-refractivity contribution in [2.24, 2.45) is 5.92 Å². The summed E-state index contributed by atoms with van der Waals surface area (Å²) in [6.45, 7) is 2.49. The summed E-state index contributed by atoms with van der Waals surface area (Å²) in [5, 5.41) is 9.65. The van der Waals surface area contributed by atoms with Gasteiger partial charge >= 0.3 is 5.97 Å². The summed E-state index contributed by atoms with van der Waals surface area (Å²) in [6.07, 6.45) is 1.57. The molecule has 0 unspecified atom stereocenters. The second kappa shape index (κ2) is 6.48. The Balaban J connectivity index is 1.60. The molecule has 1 saturated carbocycles. The number of nitrogens with zero attached hydrogens (tertiary/aromatic N) is 1. The molecule has 1 saturated heterocycles. The molecule has 1 aliphatic heterocycles. The van der Waals surface area contributed by atoms with E-state index in [4.69, 9.17) is 0 Å². The van der Waals surface area contributed by atoms with Crippen molar-refractivity contribution in [2.45, 2.75) is 31.1 Å². The Kier molecular flexibility index (Phi) is 4.25. The maximum absolute atomic E-state index is 13.6. The minimum absolute atomic E-state index is 0.00324. The molecule has 0 bridgehead atoms. The zero-order valence-corrected chi connectivity index (χ0v) is 15.2. The van der Waals surface area contributed by atoms with Gasteiger partial charge in [-0.05, 0) is 43.0 Å². The first kappa shape index (κ1) is 17.7. The number of carboxylic acid groups (broad SMARTS) is 1. The lowest BCUT2D eigenvalue weighted by molar-refractivity contribution is -0.142. The highest BCUT2D eigenvalue weighted by Gasteiger charge is 2.55. The molecule has 2 aromatic carbocycles. The Morgan fingerprint density at radius 2 is 1.81 bits per heavy atom. The number of hydrogen-bond donors (Lipinski definition) is 1. The minimum atomic E-state index is -0.945. The summed E-state index contributed by atoms with van der Waals surface area (Å²) >= 11 is 0. The highest BCUT2D eigenvalue weighted by Crippen LogP contribution is 2.51. The highest BCUT2D eigenvalue weighted by atomic mass is 19.1. The van der Waals surface area contributed by atoms with Crippen LogP contribution in [0.1, 0.15) is 35.4 Å². The fourth-order valence-corrected chi connectivity index (χ4v) is 4.22. The molecule has 1 N–H and O–H groups in total. The fraction of sp³-hybridized carbons (Fsp3) is 0.364. The number of aryl methyl sites for hydroxylation is 1. The number of aliphatic carboxylic acids is 1. The standard InChI is InChI=1S/C22H22FNO3/c1-14-5-7-16(8-6-14)22(9-10-22)21(27)24-12-18(19(13-24)20(25)26)15-3-2-4-17(23)11-15/h2-8,11,18-19H,9-10,12-13H2,1H3,(H,25,26)/t18-,19+/m1/s1. The van der Waals surface area contributed by atoms with Crippen molar-refractivity contribution in [3.05, 3.63) is 71.0 Å². The van der Waals surface area contributed by atoms with Crippen LogP contribution in [0.2, 0.25) is 0 Å². The topological polar surface area (TPSA) is 57.6 Å². The second-order valence-corrected chi connectivity index (χ2v) is 7.76. The summed E-state index contributed by atoms with van der Waals surface area (Å²) in [6, 6.07) is 14.0. The second-order valence-electron chi connectivity index (χ2n) is 7.76. The summed E-state index contributed by atoms with van der Waals surface area (Å²) in [5.41, 5.74) is 2.26. The van der Waals surface area contributed by atoms with Gasteiger partial charge in [0.25, 0.3) is 0 Å². The van der Waals surface area contributed by atoms with Crippen LogP contribution in [0, 0.1) is 18.7 Å². The van der Waals surface area contributed by atoms with Gasteiger partial charge in [0, 0.05) is 19.0 Å². The lowest BCUT2D eigenvalue weighted by atomic mass is 9.89. The number of carbonyl (C=O) groups excluding carboxylic acids is 1. The third-order valence-corrected chi connectivity index (χ3v) is 5.96. The quantitative estimate of drug-likeness (QED) is 0.900. The molecule has 2 aromatic rings. The van der Waals surface area contributed by atoms with Crippen LogP contribution in [-0.4, -0.2) is 35.0 Å². The largest absolute Gasteiger partial charge is 0.481 e. The van der Waals surface area contributed by atoms with Crippen molar-refractivity contribution in [2.75, 3.05) is 13.1 Å². The Labute approximate surface area is 157 Å². The molecule has 1 heterocycles. The molecule has 0 radical (unpaired) electrons. The van der Waals surface area contributed by atoms with Crippen LogP contribution in [0.4, 0.5) is 4.39 Å². The van der Waals surface area contributed by atoms with Crippen LogP contribution in [0.15, 0.2) is 48.5 Å². The van der Waals surface area contributed by atoms with E-state index in [2.05, 4.69) is 0 Å². The van der Waals surface area contributed by atoms with Gasteiger partial charge in [0.05, 0.1) is 11.3 Å². The maximum atomic E-state index is 13.6. The zero-order chi connectivity index (χ0) is 19.2. The van der Waals surface area contributed by atoms with Gasteiger partial charge in [0.15, 0.2) is 0 Å². The predicted molar refractivity (Wildman–Crippen MR) is 98.9 cm³/mol. The lowest BCUT2D eigenvalue weighted by Gasteiger charge is -2.24. The minimum Gasteiger partial charge on any atom is -0.481 e. The number of benzene rings is 2. The van der Waals surface area contributed by atoms with Gasteiger partial charge in [-0.3, -0.25) is 9.59 Å². The maximum Gasteiger partial charge on any atom is 0.308 e. The Hall–Kier alpha value is -2.69. The number of rotatable bonds is 4. The molecule has 1 aliphatic carbocycles. The highest BCUT2D eigenvalue weighted by molar-refractivity contribution is 5.92. The van der Waals surface area contributed by atoms with Crippen molar-refractivity contribution >= 4 is 11.9 Å². The Morgan fingerprint density at radius 1 is 1.11 bits per heavy atom. The normalized spacial score (nSPS) is 23.3. The Bertz CT molecular complexity index is 889.